The first-order chi connectivity index (χ1) is 14.5. The zero-order valence-electron chi connectivity index (χ0n) is 17.9. The molecule has 0 spiro atoms. The van der Waals surface area contributed by atoms with Crippen molar-refractivity contribution in [3.63, 3.8) is 0 Å². The molecule has 5 heteroatoms. The van der Waals surface area contributed by atoms with Crippen LogP contribution in [0.1, 0.15) is 68.3 Å². The molecule has 30 heavy (non-hydrogen) atoms. The first kappa shape index (κ1) is 21.9. The zero-order chi connectivity index (χ0) is 21.3. The van der Waals surface area contributed by atoms with Gasteiger partial charge in [-0.1, -0.05) is 31.9 Å². The molecule has 1 saturated carbocycles. The van der Waals surface area contributed by atoms with E-state index < -0.39 is 6.10 Å². The minimum atomic E-state index is -0.641. The number of carbonyl (C=O) groups excluding carboxylic acids is 2. The van der Waals surface area contributed by atoms with Crippen LogP contribution in [0.4, 0.5) is 5.69 Å². The van der Waals surface area contributed by atoms with Crippen molar-refractivity contribution in [1.29, 1.82) is 0 Å². The van der Waals surface area contributed by atoms with E-state index in [0.29, 0.717) is 17.0 Å². The van der Waals surface area contributed by atoms with Gasteiger partial charge in [-0.2, -0.15) is 0 Å². The van der Waals surface area contributed by atoms with E-state index in [9.17, 15) is 9.59 Å². The van der Waals surface area contributed by atoms with E-state index in [1.54, 1.807) is 31.2 Å². The summed E-state index contributed by atoms with van der Waals surface area (Å²) in [5.41, 5.74) is 2.36. The topological polar surface area (TPSA) is 64.6 Å². The Hall–Kier alpha value is -2.82. The van der Waals surface area contributed by atoms with Crippen LogP contribution < -0.4 is 10.1 Å². The molecule has 0 radical (unpaired) electrons. The van der Waals surface area contributed by atoms with E-state index in [4.69, 9.17) is 9.47 Å². The van der Waals surface area contributed by atoms with Gasteiger partial charge in [0.1, 0.15) is 11.9 Å². The molecule has 1 amide bonds. The van der Waals surface area contributed by atoms with Crippen molar-refractivity contribution in [3.8, 4) is 5.75 Å². The fourth-order valence-corrected chi connectivity index (χ4v) is 3.62. The summed E-state index contributed by atoms with van der Waals surface area (Å²) in [6, 6.07) is 14.6. The highest BCUT2D eigenvalue weighted by molar-refractivity contribution is 5.95. The number of rotatable bonds is 8. The highest BCUT2D eigenvalue weighted by Crippen LogP contribution is 2.22. The third-order valence-corrected chi connectivity index (χ3v) is 5.36. The van der Waals surface area contributed by atoms with Crippen LogP contribution >= 0.6 is 0 Å². The first-order valence-corrected chi connectivity index (χ1v) is 10.9. The van der Waals surface area contributed by atoms with E-state index in [-0.39, 0.29) is 18.0 Å². The number of hydrogen-bond donors (Lipinski definition) is 1. The van der Waals surface area contributed by atoms with Crippen LogP contribution in [0, 0.1) is 0 Å². The van der Waals surface area contributed by atoms with Gasteiger partial charge in [0, 0.05) is 5.69 Å². The summed E-state index contributed by atoms with van der Waals surface area (Å²) in [4.78, 5) is 24.7. The fraction of sp³-hybridized carbons (Fsp3) is 0.440. The lowest BCUT2D eigenvalue weighted by Gasteiger charge is -2.21. The number of carbonyl (C=O) groups is 2. The molecule has 0 heterocycles. The summed E-state index contributed by atoms with van der Waals surface area (Å²) in [6.45, 7) is 3.86. The lowest BCUT2D eigenvalue weighted by atomic mass is 9.98. The SMILES string of the molecule is CCCc1ccc(OC(C)C(=O)Nc2ccc(C(=O)OC3CCCCC3)cc2)cc1. The predicted molar refractivity (Wildman–Crippen MR) is 118 cm³/mol. The summed E-state index contributed by atoms with van der Waals surface area (Å²) in [5, 5.41) is 2.83. The second kappa shape index (κ2) is 10.8. The van der Waals surface area contributed by atoms with Gasteiger partial charge in [0.2, 0.25) is 0 Å². The molecule has 160 valence electrons. The molecule has 1 fully saturated rings. The lowest BCUT2D eigenvalue weighted by molar-refractivity contribution is -0.122. The van der Waals surface area contributed by atoms with Gasteiger partial charge in [0.15, 0.2) is 6.10 Å². The van der Waals surface area contributed by atoms with E-state index in [0.717, 1.165) is 38.5 Å². The van der Waals surface area contributed by atoms with Crippen molar-refractivity contribution >= 4 is 17.6 Å². The molecule has 0 aromatic heterocycles. The number of esters is 1. The van der Waals surface area contributed by atoms with Gasteiger partial charge in [-0.15, -0.1) is 0 Å². The highest BCUT2D eigenvalue weighted by atomic mass is 16.5. The maximum Gasteiger partial charge on any atom is 0.338 e. The van der Waals surface area contributed by atoms with E-state index in [1.807, 2.05) is 24.3 Å². The Kier molecular flexibility index (Phi) is 7.89. The number of amides is 1. The largest absolute Gasteiger partial charge is 0.481 e. The summed E-state index contributed by atoms with van der Waals surface area (Å²) in [6.07, 6.45) is 6.85. The number of benzene rings is 2. The van der Waals surface area contributed by atoms with Crippen LogP contribution in [-0.2, 0) is 16.0 Å². The maximum absolute atomic E-state index is 12.4. The second-order valence-corrected chi connectivity index (χ2v) is 7.89. The monoisotopic (exact) mass is 409 g/mol. The van der Waals surface area contributed by atoms with E-state index in [1.165, 1.54) is 12.0 Å². The van der Waals surface area contributed by atoms with Gasteiger partial charge in [-0.3, -0.25) is 4.79 Å². The summed E-state index contributed by atoms with van der Waals surface area (Å²) in [7, 11) is 0. The molecule has 2 aromatic rings. The second-order valence-electron chi connectivity index (χ2n) is 7.89. The average Bonchev–Trinajstić information content (AvgIpc) is 2.76. The standard InChI is InChI=1S/C25H31NO4/c1-3-7-19-10-16-23(17-11-19)29-18(2)24(27)26-21-14-12-20(13-15-21)25(28)30-22-8-5-4-6-9-22/h10-18,22H,3-9H2,1-2H3,(H,26,27). The minimum absolute atomic E-state index is 0.0275. The smallest absolute Gasteiger partial charge is 0.338 e. The van der Waals surface area contributed by atoms with Gasteiger partial charge in [0.05, 0.1) is 5.56 Å². The molecule has 0 saturated heterocycles. The van der Waals surface area contributed by atoms with Crippen LogP contribution in [0.3, 0.4) is 0 Å². The van der Waals surface area contributed by atoms with Gasteiger partial charge >= 0.3 is 5.97 Å². The van der Waals surface area contributed by atoms with Crippen LogP contribution in [0.15, 0.2) is 48.5 Å². The first-order valence-electron chi connectivity index (χ1n) is 10.9. The van der Waals surface area contributed by atoms with Crippen LogP contribution in [0.2, 0.25) is 0 Å². The van der Waals surface area contributed by atoms with E-state index >= 15 is 0 Å². The third kappa shape index (κ3) is 6.34. The van der Waals surface area contributed by atoms with Crippen molar-refractivity contribution in [2.24, 2.45) is 0 Å². The number of anilines is 1. The Balaban J connectivity index is 1.50. The molecule has 3 rings (SSSR count). The average molecular weight is 410 g/mol. The maximum atomic E-state index is 12.4. The Morgan fingerprint density at radius 1 is 1.00 bits per heavy atom. The molecule has 1 aliphatic rings. The minimum Gasteiger partial charge on any atom is -0.481 e. The van der Waals surface area contributed by atoms with Crippen LogP contribution in [-0.4, -0.2) is 24.1 Å². The summed E-state index contributed by atoms with van der Waals surface area (Å²) < 4.78 is 11.3. The van der Waals surface area contributed by atoms with Crippen molar-refractivity contribution in [3.05, 3.63) is 59.7 Å². The molecule has 0 aliphatic heterocycles. The molecule has 5 nitrogen and oxygen atoms in total. The predicted octanol–water partition coefficient (Wildman–Crippen LogP) is 5.53. The van der Waals surface area contributed by atoms with Gasteiger partial charge in [-0.25, -0.2) is 4.79 Å². The molecule has 1 aliphatic carbocycles. The molecule has 1 atom stereocenters. The van der Waals surface area contributed by atoms with Gasteiger partial charge in [0.25, 0.3) is 5.91 Å². The quantitative estimate of drug-likeness (QED) is 0.582. The Morgan fingerprint density at radius 2 is 1.67 bits per heavy atom. The van der Waals surface area contributed by atoms with Crippen LogP contribution in [0.5, 0.6) is 5.75 Å². The number of ether oxygens (including phenoxy) is 2. The summed E-state index contributed by atoms with van der Waals surface area (Å²) in [5.74, 6) is 0.117. The fourth-order valence-electron chi connectivity index (χ4n) is 3.62. The van der Waals surface area contributed by atoms with Gasteiger partial charge in [-0.05, 0) is 81.0 Å². The Bertz CT molecular complexity index is 823. The third-order valence-electron chi connectivity index (χ3n) is 5.36. The molecule has 1 unspecified atom stereocenters. The van der Waals surface area contributed by atoms with Crippen molar-refractivity contribution in [2.45, 2.75) is 71.0 Å². The van der Waals surface area contributed by atoms with Crippen molar-refractivity contribution in [2.75, 3.05) is 5.32 Å². The molecule has 2 aromatic carbocycles. The normalized spacial score (nSPS) is 15.3. The van der Waals surface area contributed by atoms with Crippen molar-refractivity contribution < 1.29 is 19.1 Å². The van der Waals surface area contributed by atoms with Crippen molar-refractivity contribution in [1.82, 2.24) is 0 Å². The summed E-state index contributed by atoms with van der Waals surface area (Å²) >= 11 is 0. The van der Waals surface area contributed by atoms with E-state index in [2.05, 4.69) is 12.2 Å². The molecule has 0 bridgehead atoms. The number of aryl methyl sites for hydroxylation is 1. The molecular weight excluding hydrogens is 378 g/mol. The number of nitrogens with one attached hydrogen (secondary N) is 1. The number of hydrogen-bond acceptors (Lipinski definition) is 4. The highest BCUT2D eigenvalue weighted by Gasteiger charge is 2.19. The van der Waals surface area contributed by atoms with Crippen LogP contribution in [0.25, 0.3) is 0 Å². The lowest BCUT2D eigenvalue weighted by Crippen LogP contribution is -2.30. The Morgan fingerprint density at radius 3 is 2.30 bits per heavy atom. The van der Waals surface area contributed by atoms with Gasteiger partial charge < -0.3 is 14.8 Å². The Labute approximate surface area is 178 Å². The molecule has 1 N–H and O–H groups in total. The zero-order valence-corrected chi connectivity index (χ0v) is 17.9. The molecular formula is C25H31NO4.